The SMILES string of the molecule is CC(C=CC#N)=C(C=Cc1ccccc1)C(=O)O. The molecule has 0 saturated carbocycles. The van der Waals surface area contributed by atoms with E-state index in [4.69, 9.17) is 10.4 Å². The number of carbonyl (C=O) groups is 1. The molecule has 0 aromatic heterocycles. The van der Waals surface area contributed by atoms with Crippen molar-refractivity contribution in [3.63, 3.8) is 0 Å². The van der Waals surface area contributed by atoms with Crippen molar-refractivity contribution >= 4 is 12.0 Å². The number of hydrogen-bond donors (Lipinski definition) is 1. The molecule has 0 aliphatic heterocycles. The standard InChI is InChI=1S/C15H13NO2/c1-12(6-5-11-16)14(15(17)18)10-9-13-7-3-2-4-8-13/h2-10H,1H3,(H,17,18). The smallest absolute Gasteiger partial charge is 0.335 e. The van der Waals surface area contributed by atoms with E-state index in [1.807, 2.05) is 36.4 Å². The number of benzene rings is 1. The largest absolute Gasteiger partial charge is 0.478 e. The Morgan fingerprint density at radius 2 is 1.94 bits per heavy atom. The molecule has 0 unspecified atom stereocenters. The second-order valence-corrected chi connectivity index (χ2v) is 3.61. The van der Waals surface area contributed by atoms with Gasteiger partial charge < -0.3 is 5.11 Å². The monoisotopic (exact) mass is 239 g/mol. The molecule has 0 radical (unpaired) electrons. The Hall–Kier alpha value is -2.60. The van der Waals surface area contributed by atoms with Crippen molar-refractivity contribution in [2.24, 2.45) is 0 Å². The number of carboxylic acid groups (broad SMARTS) is 1. The van der Waals surface area contributed by atoms with Crippen LogP contribution >= 0.6 is 0 Å². The lowest BCUT2D eigenvalue weighted by Gasteiger charge is -1.99. The summed E-state index contributed by atoms with van der Waals surface area (Å²) in [6.07, 6.45) is 6.01. The van der Waals surface area contributed by atoms with E-state index in [1.54, 1.807) is 13.0 Å². The summed E-state index contributed by atoms with van der Waals surface area (Å²) in [5.41, 5.74) is 1.63. The van der Waals surface area contributed by atoms with Crippen LogP contribution < -0.4 is 0 Å². The molecule has 90 valence electrons. The van der Waals surface area contributed by atoms with Gasteiger partial charge in [0.1, 0.15) is 0 Å². The summed E-state index contributed by atoms with van der Waals surface area (Å²) in [5, 5.41) is 17.5. The molecule has 0 aliphatic rings. The Morgan fingerprint density at radius 1 is 1.28 bits per heavy atom. The highest BCUT2D eigenvalue weighted by atomic mass is 16.4. The maximum Gasteiger partial charge on any atom is 0.335 e. The van der Waals surface area contributed by atoms with Crippen LogP contribution in [0.4, 0.5) is 0 Å². The summed E-state index contributed by atoms with van der Waals surface area (Å²) < 4.78 is 0. The summed E-state index contributed by atoms with van der Waals surface area (Å²) in [6, 6.07) is 11.3. The Morgan fingerprint density at radius 3 is 2.50 bits per heavy atom. The van der Waals surface area contributed by atoms with E-state index in [0.29, 0.717) is 5.57 Å². The zero-order valence-corrected chi connectivity index (χ0v) is 10.00. The molecule has 0 amide bonds. The van der Waals surface area contributed by atoms with Gasteiger partial charge in [0.2, 0.25) is 0 Å². The number of allylic oxidation sites excluding steroid dienone is 3. The van der Waals surface area contributed by atoms with Crippen molar-refractivity contribution in [1.82, 2.24) is 0 Å². The van der Waals surface area contributed by atoms with Crippen molar-refractivity contribution in [3.05, 3.63) is 65.3 Å². The first-order valence-electron chi connectivity index (χ1n) is 5.38. The second kappa shape index (κ2) is 6.87. The van der Waals surface area contributed by atoms with Gasteiger partial charge in [-0.25, -0.2) is 4.79 Å². The van der Waals surface area contributed by atoms with Gasteiger partial charge in [-0.05, 0) is 30.2 Å². The second-order valence-electron chi connectivity index (χ2n) is 3.61. The third kappa shape index (κ3) is 4.11. The molecule has 0 saturated heterocycles. The van der Waals surface area contributed by atoms with Crippen LogP contribution in [0, 0.1) is 11.3 Å². The summed E-state index contributed by atoms with van der Waals surface area (Å²) in [7, 11) is 0. The number of aliphatic carboxylic acids is 1. The first kappa shape index (κ1) is 13.5. The van der Waals surface area contributed by atoms with Crippen molar-refractivity contribution in [2.45, 2.75) is 6.92 Å². The average molecular weight is 239 g/mol. The number of nitrogens with zero attached hydrogens (tertiary/aromatic N) is 1. The topological polar surface area (TPSA) is 61.1 Å². The van der Waals surface area contributed by atoms with E-state index >= 15 is 0 Å². The highest BCUT2D eigenvalue weighted by Gasteiger charge is 2.05. The van der Waals surface area contributed by atoms with Crippen LogP contribution in [0.2, 0.25) is 0 Å². The Kier molecular flexibility index (Phi) is 5.14. The lowest BCUT2D eigenvalue weighted by molar-refractivity contribution is -0.132. The van der Waals surface area contributed by atoms with E-state index in [2.05, 4.69) is 0 Å². The van der Waals surface area contributed by atoms with Crippen LogP contribution in [-0.4, -0.2) is 11.1 Å². The highest BCUT2D eigenvalue weighted by Crippen LogP contribution is 2.11. The fraction of sp³-hybridized carbons (Fsp3) is 0.0667. The molecular formula is C15H13NO2. The van der Waals surface area contributed by atoms with Crippen molar-refractivity contribution in [2.75, 3.05) is 0 Å². The molecule has 0 aliphatic carbocycles. The first-order valence-corrected chi connectivity index (χ1v) is 5.38. The van der Waals surface area contributed by atoms with Gasteiger partial charge in [-0.1, -0.05) is 36.4 Å². The van der Waals surface area contributed by atoms with Gasteiger partial charge in [-0.3, -0.25) is 0 Å². The van der Waals surface area contributed by atoms with Crippen LogP contribution in [0.1, 0.15) is 12.5 Å². The summed E-state index contributed by atoms with van der Waals surface area (Å²) in [6.45, 7) is 1.66. The number of carboxylic acids is 1. The molecule has 3 nitrogen and oxygen atoms in total. The molecule has 1 aromatic carbocycles. The van der Waals surface area contributed by atoms with Crippen LogP contribution in [0.15, 0.2) is 59.7 Å². The number of rotatable bonds is 4. The Bertz CT molecular complexity index is 546. The summed E-state index contributed by atoms with van der Waals surface area (Å²) >= 11 is 0. The van der Waals surface area contributed by atoms with Gasteiger partial charge >= 0.3 is 5.97 Å². The molecule has 1 aromatic rings. The number of nitriles is 1. The molecule has 0 fully saturated rings. The molecular weight excluding hydrogens is 226 g/mol. The van der Waals surface area contributed by atoms with E-state index in [9.17, 15) is 4.79 Å². The van der Waals surface area contributed by atoms with E-state index < -0.39 is 5.97 Å². The summed E-state index contributed by atoms with van der Waals surface area (Å²) in [4.78, 5) is 11.1. The number of hydrogen-bond acceptors (Lipinski definition) is 2. The molecule has 0 bridgehead atoms. The van der Waals surface area contributed by atoms with E-state index in [0.717, 1.165) is 5.56 Å². The maximum atomic E-state index is 11.1. The maximum absolute atomic E-state index is 11.1. The van der Waals surface area contributed by atoms with Gasteiger partial charge in [0, 0.05) is 6.08 Å². The molecule has 0 spiro atoms. The summed E-state index contributed by atoms with van der Waals surface area (Å²) in [5.74, 6) is -1.01. The van der Waals surface area contributed by atoms with Crippen molar-refractivity contribution in [3.8, 4) is 6.07 Å². The van der Waals surface area contributed by atoms with Crippen LogP contribution in [0.5, 0.6) is 0 Å². The molecule has 3 heteroatoms. The van der Waals surface area contributed by atoms with Gasteiger partial charge in [-0.15, -0.1) is 0 Å². The Labute approximate surface area is 106 Å². The molecule has 1 N–H and O–H groups in total. The lowest BCUT2D eigenvalue weighted by atomic mass is 10.1. The molecule has 18 heavy (non-hydrogen) atoms. The van der Waals surface area contributed by atoms with Gasteiger partial charge in [0.25, 0.3) is 0 Å². The fourth-order valence-corrected chi connectivity index (χ4v) is 1.37. The molecule has 0 atom stereocenters. The van der Waals surface area contributed by atoms with Gasteiger partial charge in [-0.2, -0.15) is 5.26 Å². The van der Waals surface area contributed by atoms with Gasteiger partial charge in [0.15, 0.2) is 0 Å². The first-order chi connectivity index (χ1) is 8.65. The molecule has 0 heterocycles. The minimum Gasteiger partial charge on any atom is -0.478 e. The van der Waals surface area contributed by atoms with Crippen LogP contribution in [-0.2, 0) is 4.79 Å². The minimum atomic E-state index is -1.01. The van der Waals surface area contributed by atoms with Gasteiger partial charge in [0.05, 0.1) is 11.6 Å². The van der Waals surface area contributed by atoms with Crippen molar-refractivity contribution < 1.29 is 9.90 Å². The normalized spacial score (nSPS) is 12.4. The van der Waals surface area contributed by atoms with Crippen LogP contribution in [0.3, 0.4) is 0 Å². The zero-order valence-electron chi connectivity index (χ0n) is 10.00. The highest BCUT2D eigenvalue weighted by molar-refractivity contribution is 5.92. The quantitative estimate of drug-likeness (QED) is 0.498. The predicted molar refractivity (Wildman–Crippen MR) is 70.6 cm³/mol. The fourth-order valence-electron chi connectivity index (χ4n) is 1.37. The predicted octanol–water partition coefficient (Wildman–Crippen LogP) is 3.18. The van der Waals surface area contributed by atoms with Crippen LogP contribution in [0.25, 0.3) is 6.08 Å². The average Bonchev–Trinajstić information content (AvgIpc) is 2.37. The lowest BCUT2D eigenvalue weighted by Crippen LogP contribution is -1.99. The van der Waals surface area contributed by atoms with E-state index in [1.165, 1.54) is 18.2 Å². The van der Waals surface area contributed by atoms with E-state index in [-0.39, 0.29) is 5.57 Å². The third-order valence-electron chi connectivity index (χ3n) is 2.31. The molecule has 1 rings (SSSR count). The third-order valence-corrected chi connectivity index (χ3v) is 2.31. The zero-order chi connectivity index (χ0) is 13.4. The van der Waals surface area contributed by atoms with Crippen molar-refractivity contribution in [1.29, 1.82) is 5.26 Å². The Balaban J connectivity index is 3.02. The minimum absolute atomic E-state index is 0.172.